The van der Waals surface area contributed by atoms with Crippen LogP contribution in [0, 0.1) is 0 Å². The van der Waals surface area contributed by atoms with E-state index in [2.05, 4.69) is 188 Å². The lowest BCUT2D eigenvalue weighted by Crippen LogP contribution is -2.03. The molecule has 11 aromatic rings. The number of fused-ring (bicyclic) bond motifs is 7. The second-order valence-electron chi connectivity index (χ2n) is 15.8. The van der Waals surface area contributed by atoms with E-state index >= 15 is 0 Å². The van der Waals surface area contributed by atoms with Gasteiger partial charge in [0.25, 0.3) is 0 Å². The van der Waals surface area contributed by atoms with Crippen molar-refractivity contribution in [2.45, 2.75) is 12.8 Å². The van der Waals surface area contributed by atoms with Gasteiger partial charge in [0.1, 0.15) is 11.2 Å². The van der Waals surface area contributed by atoms with Crippen molar-refractivity contribution in [1.29, 1.82) is 0 Å². The van der Waals surface area contributed by atoms with Gasteiger partial charge in [0.2, 0.25) is 0 Å². The van der Waals surface area contributed by atoms with E-state index in [1.54, 1.807) is 0 Å². The Kier molecular flexibility index (Phi) is 8.27. The van der Waals surface area contributed by atoms with Crippen molar-refractivity contribution >= 4 is 65.4 Å². The van der Waals surface area contributed by atoms with Gasteiger partial charge in [-0.25, -0.2) is 15.0 Å². The molecule has 1 aliphatic carbocycles. The van der Waals surface area contributed by atoms with Crippen LogP contribution in [-0.4, -0.2) is 15.0 Å². The normalized spacial score (nSPS) is 13.0. The molecule has 0 saturated carbocycles. The molecular weight excluding hydrogens is 743 g/mol. The molecule has 0 atom stereocenters. The van der Waals surface area contributed by atoms with E-state index in [0.29, 0.717) is 17.5 Å². The zero-order valence-corrected chi connectivity index (χ0v) is 33.2. The molecule has 0 amide bonds. The van der Waals surface area contributed by atoms with Crippen LogP contribution in [0.4, 0.5) is 0 Å². The number of allylic oxidation sites excluding steroid dienone is 4. The van der Waals surface area contributed by atoms with Gasteiger partial charge in [0, 0.05) is 27.5 Å². The number of benzene rings is 9. The Bertz CT molecular complexity index is 3600. The summed E-state index contributed by atoms with van der Waals surface area (Å²) in [5.41, 5.74) is 11.8. The summed E-state index contributed by atoms with van der Waals surface area (Å²) in [4.78, 5) is 16.1. The lowest BCUT2D eigenvalue weighted by atomic mass is 9.85. The molecule has 2 heterocycles. The molecular formula is C57H37N3O. The van der Waals surface area contributed by atoms with Gasteiger partial charge in [-0.15, -0.1) is 0 Å². The molecule has 0 N–H and O–H groups in total. The van der Waals surface area contributed by atoms with E-state index in [-0.39, 0.29) is 0 Å². The molecule has 1 aliphatic rings. The summed E-state index contributed by atoms with van der Waals surface area (Å²) in [6, 6.07) is 66.4. The van der Waals surface area contributed by atoms with E-state index in [4.69, 9.17) is 19.4 Å². The predicted molar refractivity (Wildman–Crippen MR) is 253 cm³/mol. The van der Waals surface area contributed by atoms with Crippen molar-refractivity contribution in [1.82, 2.24) is 15.0 Å². The minimum atomic E-state index is 0.614. The van der Waals surface area contributed by atoms with E-state index in [1.807, 2.05) is 12.1 Å². The Morgan fingerprint density at radius 2 is 0.918 bits per heavy atom. The number of hydrogen-bond acceptors (Lipinski definition) is 4. The van der Waals surface area contributed by atoms with Gasteiger partial charge in [0.15, 0.2) is 17.5 Å². The van der Waals surface area contributed by atoms with Crippen LogP contribution < -0.4 is 0 Å². The Morgan fingerprint density at radius 1 is 0.344 bits per heavy atom. The third kappa shape index (κ3) is 6.11. The zero-order chi connectivity index (χ0) is 40.3. The summed E-state index contributed by atoms with van der Waals surface area (Å²) in [5.74, 6) is 1.86. The Labute approximate surface area is 352 Å². The number of rotatable bonds is 6. The van der Waals surface area contributed by atoms with Crippen LogP contribution in [0.2, 0.25) is 0 Å². The molecule has 0 spiro atoms. The summed E-state index contributed by atoms with van der Waals surface area (Å²) >= 11 is 0. The summed E-state index contributed by atoms with van der Waals surface area (Å²) in [5, 5.41) is 9.07. The van der Waals surface area contributed by atoms with Crippen molar-refractivity contribution in [2.24, 2.45) is 0 Å². The summed E-state index contributed by atoms with van der Waals surface area (Å²) < 4.78 is 6.55. The summed E-state index contributed by atoms with van der Waals surface area (Å²) in [7, 11) is 0. The van der Waals surface area contributed by atoms with Gasteiger partial charge < -0.3 is 4.42 Å². The fourth-order valence-corrected chi connectivity index (χ4v) is 9.25. The highest BCUT2D eigenvalue weighted by Crippen LogP contribution is 2.44. The first-order chi connectivity index (χ1) is 30.2. The molecule has 9 aromatic carbocycles. The van der Waals surface area contributed by atoms with Gasteiger partial charge in [-0.1, -0.05) is 176 Å². The van der Waals surface area contributed by atoms with Crippen molar-refractivity contribution in [3.8, 4) is 45.3 Å². The smallest absolute Gasteiger partial charge is 0.165 e. The van der Waals surface area contributed by atoms with E-state index in [0.717, 1.165) is 67.8 Å². The third-order valence-electron chi connectivity index (χ3n) is 12.3. The van der Waals surface area contributed by atoms with Crippen LogP contribution in [0.1, 0.15) is 24.0 Å². The summed E-state index contributed by atoms with van der Waals surface area (Å²) in [6.07, 6.45) is 6.36. The quantitative estimate of drug-likeness (QED) is 0.158. The standard InChI is InChI=1S/C57H37N3O/c1-2-13-37(14-3-1)45-17-8-9-18-46(45)39-24-26-40(27-25-39)48-32-33-52-53(49-20-10-11-21-51(49)61-52)54(48)57-59-55(43-30-22-36-12-4-5-16-42(36)34-43)58-56(60-57)44-31-29-41-28-23-38-15-6-7-19-47(38)50(41)35-44/h1-24,26,28-35H,25,27H2. The zero-order valence-electron chi connectivity index (χ0n) is 33.2. The lowest BCUT2D eigenvalue weighted by molar-refractivity contribution is 0.669. The second-order valence-corrected chi connectivity index (χ2v) is 15.8. The third-order valence-corrected chi connectivity index (χ3v) is 12.3. The Hall–Kier alpha value is -7.95. The summed E-state index contributed by atoms with van der Waals surface area (Å²) in [6.45, 7) is 0. The van der Waals surface area contributed by atoms with Gasteiger partial charge in [-0.05, 0) is 103 Å². The molecule has 286 valence electrons. The predicted octanol–water partition coefficient (Wildman–Crippen LogP) is 15.2. The number of aromatic nitrogens is 3. The van der Waals surface area contributed by atoms with Crippen LogP contribution in [0.3, 0.4) is 0 Å². The molecule has 0 fully saturated rings. The highest BCUT2D eigenvalue weighted by Gasteiger charge is 2.24. The van der Waals surface area contributed by atoms with E-state index < -0.39 is 0 Å². The Balaban J connectivity index is 1.09. The average molecular weight is 780 g/mol. The number of furan rings is 1. The fourth-order valence-electron chi connectivity index (χ4n) is 9.25. The van der Waals surface area contributed by atoms with Crippen molar-refractivity contribution in [2.75, 3.05) is 0 Å². The first-order valence-electron chi connectivity index (χ1n) is 20.9. The molecule has 0 aliphatic heterocycles. The highest BCUT2D eigenvalue weighted by molar-refractivity contribution is 6.14. The average Bonchev–Trinajstić information content (AvgIpc) is 3.72. The molecule has 4 nitrogen and oxygen atoms in total. The SMILES string of the molecule is C1=C(c2ccccc2-c2ccccc2)CCC(c2ccc3oc4ccccc4c3c2-c2nc(-c3ccc4ccccc4c3)nc(-c3ccc4ccc5ccccc5c4c3)n2)=C1. The van der Waals surface area contributed by atoms with Gasteiger partial charge in [-0.2, -0.15) is 0 Å². The number of para-hydroxylation sites is 1. The number of hydrogen-bond donors (Lipinski definition) is 0. The molecule has 12 rings (SSSR count). The highest BCUT2D eigenvalue weighted by atomic mass is 16.3. The second kappa shape index (κ2) is 14.4. The fraction of sp³-hybridized carbons (Fsp3) is 0.0351. The van der Waals surface area contributed by atoms with Crippen LogP contribution in [0.5, 0.6) is 0 Å². The topological polar surface area (TPSA) is 51.8 Å². The minimum absolute atomic E-state index is 0.614. The molecule has 0 bridgehead atoms. The van der Waals surface area contributed by atoms with Crippen molar-refractivity contribution in [3.05, 3.63) is 211 Å². The van der Waals surface area contributed by atoms with Gasteiger partial charge >= 0.3 is 0 Å². The Morgan fingerprint density at radius 3 is 1.70 bits per heavy atom. The minimum Gasteiger partial charge on any atom is -0.456 e. The van der Waals surface area contributed by atoms with Gasteiger partial charge in [-0.3, -0.25) is 0 Å². The maximum absolute atomic E-state index is 6.55. The largest absolute Gasteiger partial charge is 0.456 e. The first-order valence-corrected chi connectivity index (χ1v) is 20.9. The first kappa shape index (κ1) is 35.0. The molecule has 0 unspecified atom stereocenters. The maximum Gasteiger partial charge on any atom is 0.165 e. The lowest BCUT2D eigenvalue weighted by Gasteiger charge is -2.20. The monoisotopic (exact) mass is 779 g/mol. The van der Waals surface area contributed by atoms with Crippen LogP contribution in [0.25, 0.3) is 111 Å². The molecule has 2 aromatic heterocycles. The van der Waals surface area contributed by atoms with Crippen LogP contribution >= 0.6 is 0 Å². The van der Waals surface area contributed by atoms with E-state index in [1.165, 1.54) is 49.4 Å². The number of nitrogens with zero attached hydrogens (tertiary/aromatic N) is 3. The van der Waals surface area contributed by atoms with Crippen molar-refractivity contribution < 1.29 is 4.42 Å². The van der Waals surface area contributed by atoms with Crippen LogP contribution in [0.15, 0.2) is 205 Å². The molecule has 0 saturated heterocycles. The molecule has 0 radical (unpaired) electrons. The molecule has 4 heteroatoms. The van der Waals surface area contributed by atoms with Crippen molar-refractivity contribution in [3.63, 3.8) is 0 Å². The molecule has 61 heavy (non-hydrogen) atoms. The van der Waals surface area contributed by atoms with Gasteiger partial charge in [0.05, 0.1) is 0 Å². The maximum atomic E-state index is 6.55. The van der Waals surface area contributed by atoms with E-state index in [9.17, 15) is 0 Å². The van der Waals surface area contributed by atoms with Crippen LogP contribution in [-0.2, 0) is 0 Å².